The molecule has 0 fully saturated rings. The van der Waals surface area contributed by atoms with Crippen molar-refractivity contribution >= 4 is 0 Å². The molecule has 3 nitrogen and oxygen atoms in total. The minimum absolute atomic E-state index is 0.254. The molecule has 0 aliphatic heterocycles. The van der Waals surface area contributed by atoms with Crippen LogP contribution in [-0.2, 0) is 0 Å². The number of aliphatic hydroxyl groups is 1. The number of aliphatic hydroxyl groups excluding tert-OH is 1. The minimum Gasteiger partial charge on any atom is -0.384 e. The molecule has 3 heteroatoms. The monoisotopic (exact) mass is 148 g/mol. The van der Waals surface area contributed by atoms with Gasteiger partial charge in [0.25, 0.3) is 0 Å². The van der Waals surface area contributed by atoms with E-state index < -0.39 is 6.10 Å². The normalized spacial score (nSPS) is 12.0. The van der Waals surface area contributed by atoms with Crippen molar-refractivity contribution in [2.45, 2.75) is 12.5 Å². The lowest BCUT2D eigenvalue weighted by atomic mass is 10.2. The molecular weight excluding hydrogens is 140 g/mol. The van der Waals surface area contributed by atoms with Gasteiger partial charge in [0.2, 0.25) is 0 Å². The molecule has 0 bridgehead atoms. The Hall–Kier alpha value is -1.40. The van der Waals surface area contributed by atoms with Crippen molar-refractivity contribution in [3.05, 3.63) is 24.3 Å². The first-order valence-electron chi connectivity index (χ1n) is 3.23. The molecule has 0 aliphatic carbocycles. The lowest BCUT2D eigenvalue weighted by Crippen LogP contribution is -2.01. The van der Waals surface area contributed by atoms with E-state index in [1.165, 1.54) is 0 Å². The molecule has 0 saturated heterocycles. The third-order valence-corrected chi connectivity index (χ3v) is 1.19. The number of hydrogen-bond acceptors (Lipinski definition) is 3. The summed E-state index contributed by atoms with van der Waals surface area (Å²) in [6.45, 7) is 0. The van der Waals surface area contributed by atoms with Crippen molar-refractivity contribution < 1.29 is 5.11 Å². The van der Waals surface area contributed by atoms with E-state index in [-0.39, 0.29) is 6.42 Å². The highest BCUT2D eigenvalue weighted by Gasteiger charge is 2.06. The molecule has 0 aromatic carbocycles. The molecule has 1 aromatic heterocycles. The van der Waals surface area contributed by atoms with Crippen molar-refractivity contribution in [3.63, 3.8) is 0 Å². The highest BCUT2D eigenvalue weighted by Crippen LogP contribution is 2.08. The molecule has 1 atom stereocenters. The largest absolute Gasteiger partial charge is 0.384 e. The van der Waals surface area contributed by atoms with Crippen LogP contribution in [0, 0.1) is 12.3 Å². The first-order chi connectivity index (χ1) is 5.34. The third kappa shape index (κ3) is 2.03. The summed E-state index contributed by atoms with van der Waals surface area (Å²) in [4.78, 5) is 7.68. The fourth-order valence-electron chi connectivity index (χ4n) is 0.686. The van der Waals surface area contributed by atoms with Gasteiger partial charge in [-0.05, 0) is 6.07 Å². The summed E-state index contributed by atoms with van der Waals surface area (Å²) < 4.78 is 0. The van der Waals surface area contributed by atoms with Gasteiger partial charge in [-0.15, -0.1) is 12.3 Å². The molecule has 0 saturated carbocycles. The van der Waals surface area contributed by atoms with Crippen LogP contribution < -0.4 is 0 Å². The zero-order valence-electron chi connectivity index (χ0n) is 5.94. The summed E-state index contributed by atoms with van der Waals surface area (Å²) in [7, 11) is 0. The summed E-state index contributed by atoms with van der Waals surface area (Å²) in [5.41, 5.74) is 0. The van der Waals surface area contributed by atoms with Crippen molar-refractivity contribution in [1.29, 1.82) is 0 Å². The molecule has 0 spiro atoms. The lowest BCUT2D eigenvalue weighted by molar-refractivity contribution is 0.174. The molecule has 56 valence electrons. The second kappa shape index (κ2) is 3.69. The predicted molar refractivity (Wildman–Crippen MR) is 40.4 cm³/mol. The lowest BCUT2D eigenvalue weighted by Gasteiger charge is -2.02. The Labute approximate surface area is 65.1 Å². The van der Waals surface area contributed by atoms with Gasteiger partial charge >= 0.3 is 0 Å². The fraction of sp³-hybridized carbons (Fsp3) is 0.250. The van der Waals surface area contributed by atoms with Crippen LogP contribution in [0.3, 0.4) is 0 Å². The van der Waals surface area contributed by atoms with E-state index in [0.29, 0.717) is 5.82 Å². The fourth-order valence-corrected chi connectivity index (χ4v) is 0.686. The van der Waals surface area contributed by atoms with Crippen LogP contribution >= 0.6 is 0 Å². The van der Waals surface area contributed by atoms with Gasteiger partial charge in [-0.1, -0.05) is 0 Å². The SMILES string of the molecule is C#CCC(O)c1ncccn1. The zero-order chi connectivity index (χ0) is 8.10. The molecule has 0 aliphatic rings. The Morgan fingerprint density at radius 2 is 2.18 bits per heavy atom. The first-order valence-corrected chi connectivity index (χ1v) is 3.23. The molecule has 1 heterocycles. The zero-order valence-corrected chi connectivity index (χ0v) is 5.94. The summed E-state index contributed by atoms with van der Waals surface area (Å²) in [6.07, 6.45) is 7.66. The third-order valence-electron chi connectivity index (χ3n) is 1.19. The Morgan fingerprint density at radius 3 is 2.73 bits per heavy atom. The first kappa shape index (κ1) is 7.70. The van der Waals surface area contributed by atoms with E-state index in [9.17, 15) is 5.11 Å². The molecule has 1 rings (SSSR count). The van der Waals surface area contributed by atoms with Crippen molar-refractivity contribution in [3.8, 4) is 12.3 Å². The van der Waals surface area contributed by atoms with E-state index in [4.69, 9.17) is 6.42 Å². The predicted octanol–water partition coefficient (Wildman–Crippen LogP) is 0.533. The molecule has 0 amide bonds. The average Bonchev–Trinajstić information content (AvgIpc) is 2.07. The maximum atomic E-state index is 9.25. The maximum Gasteiger partial charge on any atom is 0.157 e. The second-order valence-corrected chi connectivity index (χ2v) is 2.03. The van der Waals surface area contributed by atoms with Gasteiger partial charge in [-0.2, -0.15) is 0 Å². The molecule has 11 heavy (non-hydrogen) atoms. The molecule has 1 unspecified atom stereocenters. The van der Waals surface area contributed by atoms with Gasteiger partial charge < -0.3 is 5.11 Å². The average molecular weight is 148 g/mol. The van der Waals surface area contributed by atoms with Crippen molar-refractivity contribution in [2.24, 2.45) is 0 Å². The number of aromatic nitrogens is 2. The number of rotatable bonds is 2. The van der Waals surface area contributed by atoms with Crippen LogP contribution in [0.15, 0.2) is 18.5 Å². The van der Waals surface area contributed by atoms with E-state index >= 15 is 0 Å². The summed E-state index contributed by atoms with van der Waals surface area (Å²) in [5.74, 6) is 2.72. The summed E-state index contributed by atoms with van der Waals surface area (Å²) >= 11 is 0. The van der Waals surface area contributed by atoms with Crippen molar-refractivity contribution in [2.75, 3.05) is 0 Å². The molecular formula is C8H8N2O. The van der Waals surface area contributed by atoms with Crippen LogP contribution in [0.1, 0.15) is 18.3 Å². The van der Waals surface area contributed by atoms with Crippen LogP contribution in [0.25, 0.3) is 0 Å². The molecule has 1 aromatic rings. The van der Waals surface area contributed by atoms with Crippen LogP contribution in [-0.4, -0.2) is 15.1 Å². The maximum absolute atomic E-state index is 9.25. The Bertz CT molecular complexity index is 253. The van der Waals surface area contributed by atoms with Crippen LogP contribution in [0.4, 0.5) is 0 Å². The highest BCUT2D eigenvalue weighted by molar-refractivity contribution is 4.98. The number of terminal acetylenes is 1. The summed E-state index contributed by atoms with van der Waals surface area (Å²) in [6, 6.07) is 1.69. The topological polar surface area (TPSA) is 46.0 Å². The number of hydrogen-bond donors (Lipinski definition) is 1. The quantitative estimate of drug-likeness (QED) is 0.622. The van der Waals surface area contributed by atoms with Gasteiger partial charge in [0, 0.05) is 18.8 Å². The van der Waals surface area contributed by atoms with Gasteiger partial charge in [0.05, 0.1) is 0 Å². The minimum atomic E-state index is -0.735. The van der Waals surface area contributed by atoms with E-state index in [1.54, 1.807) is 18.5 Å². The second-order valence-electron chi connectivity index (χ2n) is 2.03. The summed E-state index contributed by atoms with van der Waals surface area (Å²) in [5, 5.41) is 9.25. The highest BCUT2D eigenvalue weighted by atomic mass is 16.3. The van der Waals surface area contributed by atoms with Crippen LogP contribution in [0.2, 0.25) is 0 Å². The van der Waals surface area contributed by atoms with Gasteiger partial charge in [-0.25, -0.2) is 9.97 Å². The van der Waals surface area contributed by atoms with E-state index in [2.05, 4.69) is 15.9 Å². The van der Waals surface area contributed by atoms with Crippen LogP contribution in [0.5, 0.6) is 0 Å². The van der Waals surface area contributed by atoms with E-state index in [0.717, 1.165) is 0 Å². The van der Waals surface area contributed by atoms with Gasteiger partial charge in [-0.3, -0.25) is 0 Å². The van der Waals surface area contributed by atoms with Crippen molar-refractivity contribution in [1.82, 2.24) is 9.97 Å². The van der Waals surface area contributed by atoms with Gasteiger partial charge in [0.15, 0.2) is 5.82 Å². The molecule has 0 radical (unpaired) electrons. The Balaban J connectivity index is 2.70. The van der Waals surface area contributed by atoms with E-state index in [1.807, 2.05) is 0 Å². The standard InChI is InChI=1S/C8H8N2O/c1-2-4-7(11)8-9-5-3-6-10-8/h1,3,5-7,11H,4H2. The molecule has 1 N–H and O–H groups in total. The number of nitrogens with zero attached hydrogens (tertiary/aromatic N) is 2. The Morgan fingerprint density at radius 1 is 1.55 bits per heavy atom. The Kier molecular flexibility index (Phi) is 2.59. The van der Waals surface area contributed by atoms with Gasteiger partial charge in [0.1, 0.15) is 6.10 Å². The smallest absolute Gasteiger partial charge is 0.157 e.